The Bertz CT molecular complexity index is 1100. The summed E-state index contributed by atoms with van der Waals surface area (Å²) < 4.78 is 4.92. The van der Waals surface area contributed by atoms with Crippen LogP contribution in [0.1, 0.15) is 29.9 Å². The van der Waals surface area contributed by atoms with Gasteiger partial charge in [0.2, 0.25) is 0 Å². The Morgan fingerprint density at radius 3 is 3.04 bits per heavy atom. The van der Waals surface area contributed by atoms with Gasteiger partial charge in [-0.15, -0.1) is 0 Å². The Kier molecular flexibility index (Phi) is 3.25. The van der Waals surface area contributed by atoms with Crippen LogP contribution in [-0.4, -0.2) is 27.1 Å². The quantitative estimate of drug-likeness (QED) is 0.653. The number of aromatic nitrogens is 4. The molecule has 0 spiro atoms. The zero-order valence-electron chi connectivity index (χ0n) is 13.8. The second-order valence-corrected chi connectivity index (χ2v) is 6.35. The summed E-state index contributed by atoms with van der Waals surface area (Å²) in [7, 11) is 0. The number of hydrogen-bond donors (Lipinski definition) is 3. The van der Waals surface area contributed by atoms with Gasteiger partial charge in [0.1, 0.15) is 11.0 Å². The van der Waals surface area contributed by atoms with Gasteiger partial charge in [-0.25, -0.2) is 4.63 Å². The third-order valence-corrected chi connectivity index (χ3v) is 4.90. The number of H-pyrrole nitrogens is 1. The van der Waals surface area contributed by atoms with Gasteiger partial charge in [0, 0.05) is 24.5 Å². The van der Waals surface area contributed by atoms with Crippen LogP contribution in [0.4, 0.5) is 5.82 Å². The van der Waals surface area contributed by atoms with Crippen LogP contribution in [0.25, 0.3) is 11.0 Å². The van der Waals surface area contributed by atoms with E-state index in [0.717, 1.165) is 47.6 Å². The van der Waals surface area contributed by atoms with Gasteiger partial charge in [-0.1, -0.05) is 12.1 Å². The largest absolute Gasteiger partial charge is 0.391 e. The predicted octanol–water partition coefficient (Wildman–Crippen LogP) is 2.55. The van der Waals surface area contributed by atoms with Gasteiger partial charge in [0.15, 0.2) is 5.82 Å². The first-order valence-electron chi connectivity index (χ1n) is 8.46. The lowest BCUT2D eigenvalue weighted by molar-refractivity contribution is 0.315. The molecule has 0 radical (unpaired) electrons. The van der Waals surface area contributed by atoms with Crippen LogP contribution in [0.15, 0.2) is 52.1 Å². The number of nitriles is 1. The van der Waals surface area contributed by atoms with Crippen LogP contribution >= 0.6 is 0 Å². The van der Waals surface area contributed by atoms with Crippen molar-refractivity contribution in [1.29, 1.82) is 5.26 Å². The van der Waals surface area contributed by atoms with Crippen LogP contribution in [0.3, 0.4) is 0 Å². The fraction of sp³-hybridized carbons (Fsp3) is 0.222. The number of aromatic amines is 1. The highest BCUT2D eigenvalue weighted by Gasteiger charge is 2.34. The minimum atomic E-state index is -0.288. The van der Waals surface area contributed by atoms with E-state index in [9.17, 15) is 5.26 Å². The van der Waals surface area contributed by atoms with E-state index < -0.39 is 0 Å². The van der Waals surface area contributed by atoms with Crippen molar-refractivity contribution in [2.24, 2.45) is 0 Å². The van der Waals surface area contributed by atoms with Crippen LogP contribution < -0.4 is 10.6 Å². The van der Waals surface area contributed by atoms with Crippen molar-refractivity contribution in [2.45, 2.75) is 18.8 Å². The lowest BCUT2D eigenvalue weighted by Gasteiger charge is -2.28. The molecule has 8 nitrogen and oxygen atoms in total. The van der Waals surface area contributed by atoms with E-state index in [4.69, 9.17) is 4.63 Å². The molecule has 0 saturated heterocycles. The van der Waals surface area contributed by atoms with Crippen molar-refractivity contribution in [1.82, 2.24) is 25.8 Å². The molecule has 5 rings (SSSR count). The fourth-order valence-electron chi connectivity index (χ4n) is 3.71. The molecular weight excluding hydrogens is 330 g/mol. The average Bonchev–Trinajstić information content (AvgIpc) is 3.36. The Morgan fingerprint density at radius 2 is 2.19 bits per heavy atom. The maximum Gasteiger partial charge on any atom is 0.156 e. The number of anilines is 1. The van der Waals surface area contributed by atoms with Gasteiger partial charge >= 0.3 is 0 Å². The van der Waals surface area contributed by atoms with Crippen molar-refractivity contribution in [3.63, 3.8) is 0 Å². The molecule has 2 aliphatic rings. The molecule has 2 aliphatic heterocycles. The molecule has 26 heavy (non-hydrogen) atoms. The highest BCUT2D eigenvalue weighted by Crippen LogP contribution is 2.44. The molecule has 1 aromatic carbocycles. The minimum Gasteiger partial charge on any atom is -0.391 e. The van der Waals surface area contributed by atoms with Gasteiger partial charge in [0.25, 0.3) is 0 Å². The highest BCUT2D eigenvalue weighted by atomic mass is 16.6. The summed E-state index contributed by atoms with van der Waals surface area (Å²) in [5.41, 5.74) is 5.66. The summed E-state index contributed by atoms with van der Waals surface area (Å²) in [6.45, 7) is 0.944. The molecule has 2 aromatic heterocycles. The molecule has 0 saturated carbocycles. The Balaban J connectivity index is 1.76. The Labute approximate surface area is 148 Å². The predicted molar refractivity (Wildman–Crippen MR) is 93.8 cm³/mol. The number of fused-ring (bicyclic) bond motifs is 2. The molecule has 4 heterocycles. The van der Waals surface area contributed by atoms with E-state index in [1.807, 2.05) is 30.6 Å². The SMILES string of the molecule is N#CC1=C(C2=CNCCC2)Nc2n[nH]cc2C1c1cccc2nonc12. The molecule has 0 fully saturated rings. The molecule has 3 N–H and O–H groups in total. The summed E-state index contributed by atoms with van der Waals surface area (Å²) in [6, 6.07) is 8.12. The number of rotatable bonds is 2. The molecule has 8 heteroatoms. The monoisotopic (exact) mass is 345 g/mol. The van der Waals surface area contributed by atoms with Gasteiger partial charge in [0.05, 0.1) is 23.3 Å². The molecule has 3 aromatic rings. The number of nitrogens with one attached hydrogen (secondary N) is 3. The molecule has 1 atom stereocenters. The summed E-state index contributed by atoms with van der Waals surface area (Å²) in [6.07, 6.45) is 5.73. The van der Waals surface area contributed by atoms with E-state index in [2.05, 4.69) is 37.2 Å². The molecule has 128 valence electrons. The lowest BCUT2D eigenvalue weighted by Crippen LogP contribution is -2.23. The van der Waals surface area contributed by atoms with E-state index in [-0.39, 0.29) is 5.92 Å². The van der Waals surface area contributed by atoms with Gasteiger partial charge in [-0.2, -0.15) is 10.4 Å². The van der Waals surface area contributed by atoms with Crippen LogP contribution in [0, 0.1) is 11.3 Å². The van der Waals surface area contributed by atoms with Gasteiger partial charge in [-0.3, -0.25) is 5.10 Å². The molecule has 0 amide bonds. The Hall–Kier alpha value is -3.60. The maximum atomic E-state index is 10.0. The van der Waals surface area contributed by atoms with Crippen molar-refractivity contribution in [2.75, 3.05) is 11.9 Å². The van der Waals surface area contributed by atoms with Crippen molar-refractivity contribution < 1.29 is 4.63 Å². The Morgan fingerprint density at radius 1 is 1.23 bits per heavy atom. The normalized spacial score (nSPS) is 19.3. The second-order valence-electron chi connectivity index (χ2n) is 6.35. The average molecular weight is 345 g/mol. The summed E-state index contributed by atoms with van der Waals surface area (Å²) in [4.78, 5) is 0. The zero-order valence-corrected chi connectivity index (χ0v) is 13.8. The van der Waals surface area contributed by atoms with E-state index in [1.165, 1.54) is 0 Å². The van der Waals surface area contributed by atoms with E-state index >= 15 is 0 Å². The number of nitrogens with zero attached hydrogens (tertiary/aromatic N) is 4. The third-order valence-electron chi connectivity index (χ3n) is 4.90. The summed E-state index contributed by atoms with van der Waals surface area (Å²) in [5.74, 6) is 0.437. The number of hydrogen-bond acceptors (Lipinski definition) is 7. The summed E-state index contributed by atoms with van der Waals surface area (Å²) >= 11 is 0. The third kappa shape index (κ3) is 2.10. The molecule has 1 unspecified atom stereocenters. The lowest BCUT2D eigenvalue weighted by atomic mass is 9.81. The van der Waals surface area contributed by atoms with Gasteiger partial charge < -0.3 is 10.6 Å². The number of benzene rings is 1. The minimum absolute atomic E-state index is 0.288. The first kappa shape index (κ1) is 14.7. The van der Waals surface area contributed by atoms with E-state index in [1.54, 1.807) is 0 Å². The molecule has 0 bridgehead atoms. The fourth-order valence-corrected chi connectivity index (χ4v) is 3.71. The van der Waals surface area contributed by atoms with Gasteiger partial charge in [-0.05, 0) is 40.4 Å². The maximum absolute atomic E-state index is 10.0. The van der Waals surface area contributed by atoms with Crippen molar-refractivity contribution in [3.8, 4) is 6.07 Å². The first-order chi connectivity index (χ1) is 12.9. The van der Waals surface area contributed by atoms with Crippen LogP contribution in [0.2, 0.25) is 0 Å². The van der Waals surface area contributed by atoms with Crippen molar-refractivity contribution in [3.05, 3.63) is 58.6 Å². The topological polar surface area (TPSA) is 115 Å². The van der Waals surface area contributed by atoms with Crippen LogP contribution in [0.5, 0.6) is 0 Å². The summed E-state index contributed by atoms with van der Waals surface area (Å²) in [5, 5.41) is 31.9. The van der Waals surface area contributed by atoms with Crippen LogP contribution in [-0.2, 0) is 0 Å². The van der Waals surface area contributed by atoms with E-state index in [0.29, 0.717) is 16.6 Å². The highest BCUT2D eigenvalue weighted by molar-refractivity contribution is 5.81. The first-order valence-corrected chi connectivity index (χ1v) is 8.46. The standard InChI is InChI=1S/C18H15N7O/c19-7-12-15(11-4-1-5-14-17(11)25-26-24-14)13-9-21-23-18(13)22-16(12)10-3-2-6-20-8-10/h1,4-5,8-9,15,20H,2-3,6H2,(H2,21,22,23). The zero-order chi connectivity index (χ0) is 17.5. The number of allylic oxidation sites excluding steroid dienone is 2. The molecular formula is C18H15N7O. The molecule has 0 aliphatic carbocycles. The van der Waals surface area contributed by atoms with Crippen molar-refractivity contribution >= 4 is 16.9 Å². The second kappa shape index (κ2) is 5.74. The smallest absolute Gasteiger partial charge is 0.156 e.